The van der Waals surface area contributed by atoms with Gasteiger partial charge in [-0.25, -0.2) is 0 Å². The zero-order valence-corrected chi connectivity index (χ0v) is 19.3. The molecule has 4 fully saturated rings. The van der Waals surface area contributed by atoms with E-state index in [1.807, 2.05) is 9.80 Å². The lowest BCUT2D eigenvalue weighted by Gasteiger charge is -2.38. The molecule has 0 spiro atoms. The molecule has 0 amide bonds. The maximum atomic E-state index is 6.07. The van der Waals surface area contributed by atoms with Crippen LogP contribution < -0.4 is 9.80 Å². The molecule has 4 rings (SSSR count). The van der Waals surface area contributed by atoms with Gasteiger partial charge in [-0.1, -0.05) is 38.5 Å². The van der Waals surface area contributed by atoms with Crippen molar-refractivity contribution in [1.82, 2.24) is 0 Å². The van der Waals surface area contributed by atoms with Crippen LogP contribution in [-0.4, -0.2) is 52.5 Å². The molecule has 2 N–H and O–H groups in total. The van der Waals surface area contributed by atoms with E-state index in [0.717, 1.165) is 36.9 Å². The van der Waals surface area contributed by atoms with Crippen molar-refractivity contribution in [3.63, 3.8) is 0 Å². The van der Waals surface area contributed by atoms with E-state index < -0.39 is 0 Å². The molecule has 29 heavy (non-hydrogen) atoms. The molecule has 0 bridgehead atoms. The van der Waals surface area contributed by atoms with Gasteiger partial charge in [-0.2, -0.15) is 0 Å². The van der Waals surface area contributed by atoms with Gasteiger partial charge in [0.15, 0.2) is 0 Å². The Morgan fingerprint density at radius 3 is 1.66 bits per heavy atom. The number of piperidine rings is 2. The van der Waals surface area contributed by atoms with Gasteiger partial charge in [0.2, 0.25) is 0 Å². The molecule has 2 saturated heterocycles. The van der Waals surface area contributed by atoms with Crippen LogP contribution in [0.3, 0.4) is 0 Å². The fourth-order valence-electron chi connectivity index (χ4n) is 7.11. The Bertz CT molecular complexity index is 428. The molecule has 0 aromatic rings. The van der Waals surface area contributed by atoms with Crippen molar-refractivity contribution in [2.24, 2.45) is 23.7 Å². The van der Waals surface area contributed by atoms with Gasteiger partial charge in [0.1, 0.15) is 6.54 Å². The lowest BCUT2D eigenvalue weighted by atomic mass is 9.78. The summed E-state index contributed by atoms with van der Waals surface area (Å²) < 4.78 is 6.07. The molecule has 2 saturated carbocycles. The lowest BCUT2D eigenvalue weighted by molar-refractivity contribution is -0.912. The van der Waals surface area contributed by atoms with Crippen LogP contribution in [0.25, 0.3) is 0 Å². The monoisotopic (exact) mass is 406 g/mol. The number of ether oxygens (including phenoxy) is 1. The summed E-state index contributed by atoms with van der Waals surface area (Å²) in [5, 5.41) is 0. The zero-order valence-electron chi connectivity index (χ0n) is 19.3. The molecule has 2 heterocycles. The molecule has 0 aromatic carbocycles. The van der Waals surface area contributed by atoms with E-state index in [0.29, 0.717) is 0 Å². The van der Waals surface area contributed by atoms with Crippen molar-refractivity contribution in [2.75, 3.05) is 52.5 Å². The molecule has 2 aliphatic carbocycles. The predicted molar refractivity (Wildman–Crippen MR) is 121 cm³/mol. The van der Waals surface area contributed by atoms with E-state index in [2.05, 4.69) is 0 Å². The summed E-state index contributed by atoms with van der Waals surface area (Å²) in [4.78, 5) is 3.77. The third-order valence-corrected chi connectivity index (χ3v) is 9.12. The molecular formula is C26H50N2O+2. The second-order valence-electron chi connectivity index (χ2n) is 11.2. The first kappa shape index (κ1) is 22.1. The summed E-state index contributed by atoms with van der Waals surface area (Å²) in [6, 6.07) is 0. The fourth-order valence-corrected chi connectivity index (χ4v) is 7.11. The van der Waals surface area contributed by atoms with E-state index in [4.69, 9.17) is 4.74 Å². The summed E-state index contributed by atoms with van der Waals surface area (Å²) >= 11 is 0. The maximum Gasteiger partial charge on any atom is 0.101 e. The number of nitrogens with one attached hydrogen (secondary N) is 2. The van der Waals surface area contributed by atoms with Crippen LogP contribution in [0.1, 0.15) is 89.9 Å². The first-order valence-corrected chi connectivity index (χ1v) is 13.6. The summed E-state index contributed by atoms with van der Waals surface area (Å²) in [7, 11) is 0. The highest BCUT2D eigenvalue weighted by Crippen LogP contribution is 2.28. The summed E-state index contributed by atoms with van der Waals surface area (Å²) in [6.45, 7) is 10.6. The highest BCUT2D eigenvalue weighted by molar-refractivity contribution is 4.75. The molecule has 3 heteroatoms. The Hall–Kier alpha value is -0.120. The minimum atomic E-state index is 0.871. The molecule has 168 valence electrons. The standard InChI is InChI=1S/C26H48N2O/c1-3-7-23(8-4-1)21-28-17-13-26(14-18-28)25-11-15-27(16-12-25)19-20-29-22-24-9-5-2-6-10-24/h23-26H,1-22H2/p+2. The van der Waals surface area contributed by atoms with Crippen LogP contribution in [0.4, 0.5) is 0 Å². The largest absolute Gasteiger partial charge is 0.375 e. The minimum absolute atomic E-state index is 0.871. The quantitative estimate of drug-likeness (QED) is 0.593. The molecular weight excluding hydrogens is 356 g/mol. The Morgan fingerprint density at radius 2 is 1.07 bits per heavy atom. The molecule has 0 unspecified atom stereocenters. The van der Waals surface area contributed by atoms with Crippen LogP contribution in [-0.2, 0) is 4.74 Å². The normalized spacial score (nSPS) is 35.6. The summed E-state index contributed by atoms with van der Waals surface area (Å²) in [5.41, 5.74) is 0. The highest BCUT2D eigenvalue weighted by Gasteiger charge is 2.33. The van der Waals surface area contributed by atoms with Crippen molar-refractivity contribution >= 4 is 0 Å². The molecule has 4 aliphatic rings. The van der Waals surface area contributed by atoms with Gasteiger partial charge in [-0.05, 0) is 69.1 Å². The average molecular weight is 407 g/mol. The average Bonchev–Trinajstić information content (AvgIpc) is 2.79. The van der Waals surface area contributed by atoms with E-state index in [1.54, 1.807) is 0 Å². The number of hydrogen-bond donors (Lipinski definition) is 2. The Kier molecular flexibility index (Phi) is 9.18. The number of rotatable bonds is 8. The second kappa shape index (κ2) is 12.1. The van der Waals surface area contributed by atoms with Crippen molar-refractivity contribution < 1.29 is 14.5 Å². The first-order chi connectivity index (χ1) is 14.4. The summed E-state index contributed by atoms with van der Waals surface area (Å²) in [5.74, 6) is 4.02. The third-order valence-electron chi connectivity index (χ3n) is 9.12. The van der Waals surface area contributed by atoms with Crippen LogP contribution in [0, 0.1) is 23.7 Å². The van der Waals surface area contributed by atoms with Crippen molar-refractivity contribution in [1.29, 1.82) is 0 Å². The van der Waals surface area contributed by atoms with Crippen molar-refractivity contribution in [2.45, 2.75) is 89.9 Å². The third kappa shape index (κ3) is 7.21. The SMILES string of the molecule is C1CCC(COCC[NH+]2CCC(C3CC[NH+](CC4CCCCC4)CC3)CC2)CC1. The van der Waals surface area contributed by atoms with Gasteiger partial charge < -0.3 is 14.5 Å². The van der Waals surface area contributed by atoms with E-state index >= 15 is 0 Å². The zero-order chi connectivity index (χ0) is 19.7. The Labute approximate surface area is 180 Å². The van der Waals surface area contributed by atoms with Crippen LogP contribution in [0.5, 0.6) is 0 Å². The second-order valence-corrected chi connectivity index (χ2v) is 11.2. The van der Waals surface area contributed by atoms with Gasteiger partial charge in [0, 0.05) is 12.5 Å². The van der Waals surface area contributed by atoms with Crippen molar-refractivity contribution in [3.8, 4) is 0 Å². The molecule has 2 aliphatic heterocycles. The number of hydrogen-bond acceptors (Lipinski definition) is 1. The highest BCUT2D eigenvalue weighted by atomic mass is 16.5. The van der Waals surface area contributed by atoms with Crippen molar-refractivity contribution in [3.05, 3.63) is 0 Å². The molecule has 0 atom stereocenters. The molecule has 3 nitrogen and oxygen atoms in total. The minimum Gasteiger partial charge on any atom is -0.375 e. The smallest absolute Gasteiger partial charge is 0.101 e. The predicted octanol–water partition coefficient (Wildman–Crippen LogP) is 2.75. The molecule has 0 aromatic heterocycles. The van der Waals surface area contributed by atoms with E-state index in [9.17, 15) is 0 Å². The van der Waals surface area contributed by atoms with Gasteiger partial charge in [0.25, 0.3) is 0 Å². The van der Waals surface area contributed by atoms with Gasteiger partial charge in [0.05, 0.1) is 39.3 Å². The van der Waals surface area contributed by atoms with Gasteiger partial charge >= 0.3 is 0 Å². The summed E-state index contributed by atoms with van der Waals surface area (Å²) in [6.07, 6.45) is 20.7. The maximum absolute atomic E-state index is 6.07. The van der Waals surface area contributed by atoms with Gasteiger partial charge in [-0.3, -0.25) is 0 Å². The topological polar surface area (TPSA) is 18.1 Å². The Balaban J connectivity index is 1.05. The van der Waals surface area contributed by atoms with Crippen LogP contribution >= 0.6 is 0 Å². The van der Waals surface area contributed by atoms with Crippen LogP contribution in [0.15, 0.2) is 0 Å². The number of likely N-dealkylation sites (tertiary alicyclic amines) is 2. The molecule has 0 radical (unpaired) electrons. The Morgan fingerprint density at radius 1 is 0.552 bits per heavy atom. The lowest BCUT2D eigenvalue weighted by Crippen LogP contribution is -3.14. The fraction of sp³-hybridized carbons (Fsp3) is 1.00. The first-order valence-electron chi connectivity index (χ1n) is 13.6. The van der Waals surface area contributed by atoms with Gasteiger partial charge in [-0.15, -0.1) is 0 Å². The van der Waals surface area contributed by atoms with E-state index in [1.165, 1.54) is 129 Å². The van der Waals surface area contributed by atoms with Crippen LogP contribution in [0.2, 0.25) is 0 Å². The van der Waals surface area contributed by atoms with E-state index in [-0.39, 0.29) is 0 Å². The number of quaternary nitrogens is 2.